The van der Waals surface area contributed by atoms with Crippen LogP contribution >= 0.6 is 31.9 Å². The minimum absolute atomic E-state index is 0.0910. The van der Waals surface area contributed by atoms with E-state index in [4.69, 9.17) is 4.99 Å². The Kier molecular flexibility index (Phi) is 4.84. The molecule has 0 fully saturated rings. The quantitative estimate of drug-likeness (QED) is 0.443. The van der Waals surface area contributed by atoms with Crippen molar-refractivity contribution in [3.63, 3.8) is 0 Å². The molecule has 0 saturated carbocycles. The van der Waals surface area contributed by atoms with Crippen LogP contribution in [0.1, 0.15) is 30.3 Å². The van der Waals surface area contributed by atoms with Gasteiger partial charge in [0, 0.05) is 31.9 Å². The lowest BCUT2D eigenvalue weighted by Crippen LogP contribution is -2.15. The van der Waals surface area contributed by atoms with E-state index in [1.54, 1.807) is 0 Å². The van der Waals surface area contributed by atoms with Crippen molar-refractivity contribution in [1.29, 1.82) is 0 Å². The topological polar surface area (TPSA) is 59.7 Å². The SMILES string of the molecule is CCCc1cc2[nH]c1=CC1=CC(Br)C(=N1)C=c1[nH]c(cc1Br)=Cc1ccc([nH]1)C=2. The van der Waals surface area contributed by atoms with Crippen LogP contribution < -0.4 is 21.4 Å². The van der Waals surface area contributed by atoms with Gasteiger partial charge in [0.1, 0.15) is 0 Å². The second kappa shape index (κ2) is 7.50. The molecular formula is C23H20Br2N4. The number of hydrogen-bond acceptors (Lipinski definition) is 1. The second-order valence-corrected chi connectivity index (χ2v) is 9.22. The first kappa shape index (κ1) is 18.7. The number of alkyl halides is 1. The zero-order valence-corrected chi connectivity index (χ0v) is 19.1. The number of aryl methyl sites for hydroxylation is 1. The number of rotatable bonds is 2. The van der Waals surface area contributed by atoms with Crippen LogP contribution in [-0.2, 0) is 6.42 Å². The van der Waals surface area contributed by atoms with E-state index < -0.39 is 0 Å². The second-order valence-electron chi connectivity index (χ2n) is 7.38. The van der Waals surface area contributed by atoms with Gasteiger partial charge in [0.25, 0.3) is 0 Å². The number of fused-ring (bicyclic) bond motifs is 7. The van der Waals surface area contributed by atoms with Crippen molar-refractivity contribution in [1.82, 2.24) is 15.0 Å². The van der Waals surface area contributed by atoms with E-state index in [1.165, 1.54) is 5.56 Å². The molecule has 0 saturated heterocycles. The number of aromatic nitrogens is 3. The number of aromatic amines is 3. The Labute approximate surface area is 184 Å². The van der Waals surface area contributed by atoms with Gasteiger partial charge < -0.3 is 15.0 Å². The van der Waals surface area contributed by atoms with E-state index in [0.717, 1.165) is 61.5 Å². The van der Waals surface area contributed by atoms with Crippen molar-refractivity contribution in [2.24, 2.45) is 4.99 Å². The molecule has 4 nitrogen and oxygen atoms in total. The van der Waals surface area contributed by atoms with Gasteiger partial charge in [-0.15, -0.1) is 0 Å². The lowest BCUT2D eigenvalue weighted by molar-refractivity contribution is 0.915. The van der Waals surface area contributed by atoms with Crippen LogP contribution in [-0.4, -0.2) is 25.5 Å². The first-order chi connectivity index (χ1) is 14.1. The summed E-state index contributed by atoms with van der Waals surface area (Å²) in [5, 5.41) is 4.26. The summed E-state index contributed by atoms with van der Waals surface area (Å²) in [6, 6.07) is 8.52. The molecule has 0 amide bonds. The van der Waals surface area contributed by atoms with E-state index in [-0.39, 0.29) is 4.83 Å². The predicted octanol–water partition coefficient (Wildman–Crippen LogP) is 2.72. The Balaban J connectivity index is 1.78. The summed E-state index contributed by atoms with van der Waals surface area (Å²) in [5.41, 5.74) is 5.38. The van der Waals surface area contributed by atoms with Crippen molar-refractivity contribution in [3.05, 3.63) is 78.9 Å². The normalized spacial score (nSPS) is 17.6. The summed E-state index contributed by atoms with van der Waals surface area (Å²) < 4.78 is 1.02. The molecule has 3 aromatic rings. The molecule has 0 aromatic carbocycles. The highest BCUT2D eigenvalue weighted by Crippen LogP contribution is 2.20. The minimum atomic E-state index is 0.0910. The van der Waals surface area contributed by atoms with Crippen molar-refractivity contribution in [2.75, 3.05) is 0 Å². The first-order valence-electron chi connectivity index (χ1n) is 9.70. The van der Waals surface area contributed by atoms with Crippen LogP contribution in [0, 0.1) is 0 Å². The van der Waals surface area contributed by atoms with Crippen LogP contribution in [0.2, 0.25) is 0 Å². The standard InChI is InChI=1S/C23H20Br2N4/c1-2-3-13-6-16-7-14-4-5-15(26-14)8-17-9-19(24)22(28-17)12-23-20(25)10-18(29-23)11-21(13)27-16/h4-12,20,26-28H,2-3H2,1H3. The highest BCUT2D eigenvalue weighted by atomic mass is 79.9. The molecule has 0 aliphatic carbocycles. The smallest absolute Gasteiger partial charge is 0.0772 e. The zero-order chi connectivity index (χ0) is 20.0. The predicted molar refractivity (Wildman–Crippen MR) is 127 cm³/mol. The minimum Gasteiger partial charge on any atom is -0.355 e. The monoisotopic (exact) mass is 510 g/mol. The molecule has 2 aliphatic heterocycles. The molecule has 0 radical (unpaired) electrons. The lowest BCUT2D eigenvalue weighted by Gasteiger charge is -1.96. The van der Waals surface area contributed by atoms with Gasteiger partial charge in [0.05, 0.1) is 21.6 Å². The fraction of sp³-hybridized carbons (Fsp3) is 0.174. The van der Waals surface area contributed by atoms with Crippen LogP contribution in [0.3, 0.4) is 0 Å². The Hall–Kier alpha value is -2.31. The van der Waals surface area contributed by atoms with Crippen molar-refractivity contribution >= 4 is 61.9 Å². The number of allylic oxidation sites excluding steroid dienone is 2. The van der Waals surface area contributed by atoms with E-state index in [9.17, 15) is 0 Å². The molecule has 2 aliphatic rings. The maximum Gasteiger partial charge on any atom is 0.0772 e. The third-order valence-electron chi connectivity index (χ3n) is 5.09. The van der Waals surface area contributed by atoms with E-state index >= 15 is 0 Å². The number of aliphatic imine (C=N–C) groups is 1. The average molecular weight is 512 g/mol. The summed E-state index contributed by atoms with van der Waals surface area (Å²) in [6.07, 6.45) is 12.8. The molecule has 3 N–H and O–H groups in total. The fourth-order valence-corrected chi connectivity index (χ4v) is 4.74. The molecule has 5 rings (SSSR count). The van der Waals surface area contributed by atoms with Gasteiger partial charge in [-0.3, -0.25) is 4.99 Å². The van der Waals surface area contributed by atoms with Crippen LogP contribution in [0.4, 0.5) is 0 Å². The molecule has 0 spiro atoms. The lowest BCUT2D eigenvalue weighted by atomic mass is 10.1. The van der Waals surface area contributed by atoms with Gasteiger partial charge in [-0.1, -0.05) is 29.3 Å². The van der Waals surface area contributed by atoms with Gasteiger partial charge in [-0.05, 0) is 82.6 Å². The molecule has 6 heteroatoms. The van der Waals surface area contributed by atoms with Gasteiger partial charge >= 0.3 is 0 Å². The number of nitrogens with zero attached hydrogens (tertiary/aromatic N) is 1. The van der Waals surface area contributed by atoms with E-state index in [1.807, 2.05) is 0 Å². The molecule has 1 unspecified atom stereocenters. The third-order valence-corrected chi connectivity index (χ3v) is 6.48. The number of H-pyrrole nitrogens is 3. The highest BCUT2D eigenvalue weighted by Gasteiger charge is 2.16. The summed E-state index contributed by atoms with van der Waals surface area (Å²) in [7, 11) is 0. The summed E-state index contributed by atoms with van der Waals surface area (Å²) in [4.78, 5) is 15.4. The molecule has 1 atom stereocenters. The maximum absolute atomic E-state index is 4.85. The number of halogens is 2. The molecule has 29 heavy (non-hydrogen) atoms. The highest BCUT2D eigenvalue weighted by molar-refractivity contribution is 9.10. The number of hydrogen-bond donors (Lipinski definition) is 3. The maximum atomic E-state index is 4.85. The molecule has 146 valence electrons. The van der Waals surface area contributed by atoms with Crippen molar-refractivity contribution in [2.45, 2.75) is 24.6 Å². The van der Waals surface area contributed by atoms with Crippen LogP contribution in [0.25, 0.3) is 24.3 Å². The van der Waals surface area contributed by atoms with Crippen LogP contribution in [0.15, 0.2) is 45.5 Å². The van der Waals surface area contributed by atoms with Gasteiger partial charge in [-0.2, -0.15) is 0 Å². The van der Waals surface area contributed by atoms with Gasteiger partial charge in [0.15, 0.2) is 0 Å². The summed E-state index contributed by atoms with van der Waals surface area (Å²) >= 11 is 7.41. The molecule has 5 heterocycles. The molecular weight excluding hydrogens is 492 g/mol. The van der Waals surface area contributed by atoms with Gasteiger partial charge in [-0.25, -0.2) is 0 Å². The fourth-order valence-electron chi connectivity index (χ4n) is 3.77. The van der Waals surface area contributed by atoms with Crippen LogP contribution in [0.5, 0.6) is 0 Å². The largest absolute Gasteiger partial charge is 0.355 e. The van der Waals surface area contributed by atoms with E-state index in [2.05, 4.69) is 108 Å². The van der Waals surface area contributed by atoms with Crippen molar-refractivity contribution in [3.8, 4) is 0 Å². The zero-order valence-electron chi connectivity index (χ0n) is 15.9. The summed E-state index contributed by atoms with van der Waals surface area (Å²) in [5.74, 6) is 0. The van der Waals surface area contributed by atoms with Gasteiger partial charge in [0.2, 0.25) is 0 Å². The van der Waals surface area contributed by atoms with Crippen molar-refractivity contribution < 1.29 is 0 Å². The molecule has 3 aromatic heterocycles. The first-order valence-corrected chi connectivity index (χ1v) is 11.4. The third kappa shape index (κ3) is 3.79. The Morgan fingerprint density at radius 2 is 1.66 bits per heavy atom. The Morgan fingerprint density at radius 3 is 2.41 bits per heavy atom. The summed E-state index contributed by atoms with van der Waals surface area (Å²) in [6.45, 7) is 2.21. The number of nitrogens with one attached hydrogen (secondary N) is 3. The average Bonchev–Trinajstić information content (AvgIpc) is 3.41. The Morgan fingerprint density at radius 1 is 0.931 bits per heavy atom. The Bertz CT molecular complexity index is 1400. The molecule has 8 bridgehead atoms. The van der Waals surface area contributed by atoms with E-state index in [0.29, 0.717) is 0 Å².